The minimum Gasteiger partial charge on any atom is -0.378 e. The van der Waals surface area contributed by atoms with Crippen molar-refractivity contribution in [3.63, 3.8) is 0 Å². The zero-order valence-electron chi connectivity index (χ0n) is 13.2. The van der Waals surface area contributed by atoms with Crippen molar-refractivity contribution in [2.45, 2.75) is 63.6 Å². The Hall–Kier alpha value is -0.610. The molecule has 0 N–H and O–H groups in total. The molecule has 4 fully saturated rings. The van der Waals surface area contributed by atoms with Crippen LogP contribution < -0.4 is 0 Å². The van der Waals surface area contributed by atoms with Gasteiger partial charge in [-0.25, -0.2) is 0 Å². The lowest BCUT2D eigenvalue weighted by molar-refractivity contribution is -0.160. The van der Waals surface area contributed by atoms with E-state index in [9.17, 15) is 4.79 Å². The molecule has 1 amide bonds. The van der Waals surface area contributed by atoms with Gasteiger partial charge in [-0.1, -0.05) is 0 Å². The first kappa shape index (κ1) is 14.0. The molecule has 5 atom stereocenters. The number of carbonyl (C=O) groups excluding carboxylic acids is 1. The summed E-state index contributed by atoms with van der Waals surface area (Å²) in [5.74, 6) is 1.78. The predicted octanol–water partition coefficient (Wildman–Crippen LogP) is 1.89. The van der Waals surface area contributed by atoms with Crippen LogP contribution in [-0.2, 0) is 9.53 Å². The van der Waals surface area contributed by atoms with Crippen LogP contribution in [0.15, 0.2) is 0 Å². The van der Waals surface area contributed by atoms with Crippen molar-refractivity contribution in [1.29, 1.82) is 0 Å². The van der Waals surface area contributed by atoms with E-state index in [-0.39, 0.29) is 6.10 Å². The van der Waals surface area contributed by atoms with E-state index in [1.807, 2.05) is 6.92 Å². The zero-order chi connectivity index (χ0) is 14.4. The molecule has 0 aromatic rings. The summed E-state index contributed by atoms with van der Waals surface area (Å²) >= 11 is 0. The van der Waals surface area contributed by atoms with Crippen molar-refractivity contribution in [1.82, 2.24) is 9.80 Å². The van der Waals surface area contributed by atoms with Gasteiger partial charge in [-0.05, 0) is 64.0 Å². The molecule has 4 nitrogen and oxygen atoms in total. The minimum atomic E-state index is 0.166. The second kappa shape index (κ2) is 5.54. The van der Waals surface area contributed by atoms with E-state index in [1.165, 1.54) is 38.8 Å². The normalized spacial score (nSPS) is 43.4. The SMILES string of the molecule is CCOC1CC(=O)N2C[C@@H]3CCCN4CCC[C@H](C2C1)[C@H]34. The van der Waals surface area contributed by atoms with E-state index >= 15 is 0 Å². The number of carbonyl (C=O) groups is 1. The summed E-state index contributed by atoms with van der Waals surface area (Å²) in [4.78, 5) is 17.6. The molecule has 4 aliphatic heterocycles. The summed E-state index contributed by atoms with van der Waals surface area (Å²) < 4.78 is 5.81. The smallest absolute Gasteiger partial charge is 0.225 e. The highest BCUT2D eigenvalue weighted by Crippen LogP contribution is 2.45. The molecule has 0 saturated carbocycles. The average Bonchev–Trinajstić information content (AvgIpc) is 2.49. The first-order valence-corrected chi connectivity index (χ1v) is 8.93. The molecule has 21 heavy (non-hydrogen) atoms. The third-order valence-corrected chi connectivity index (χ3v) is 6.30. The highest BCUT2D eigenvalue weighted by atomic mass is 16.5. The number of nitrogens with zero attached hydrogens (tertiary/aromatic N) is 2. The van der Waals surface area contributed by atoms with Crippen molar-refractivity contribution >= 4 is 5.91 Å². The Morgan fingerprint density at radius 3 is 2.86 bits per heavy atom. The first-order chi connectivity index (χ1) is 10.3. The second-order valence-corrected chi connectivity index (χ2v) is 7.37. The van der Waals surface area contributed by atoms with Gasteiger partial charge >= 0.3 is 0 Å². The number of amides is 1. The number of rotatable bonds is 2. The quantitative estimate of drug-likeness (QED) is 0.779. The van der Waals surface area contributed by atoms with Crippen molar-refractivity contribution in [3.8, 4) is 0 Å². The molecule has 4 saturated heterocycles. The minimum absolute atomic E-state index is 0.166. The van der Waals surface area contributed by atoms with E-state index in [1.54, 1.807) is 0 Å². The molecule has 4 heterocycles. The summed E-state index contributed by atoms with van der Waals surface area (Å²) in [5.41, 5.74) is 0. The van der Waals surface area contributed by atoms with E-state index in [0.717, 1.165) is 31.5 Å². The van der Waals surface area contributed by atoms with Gasteiger partial charge in [0.15, 0.2) is 0 Å². The highest BCUT2D eigenvalue weighted by Gasteiger charge is 2.51. The van der Waals surface area contributed by atoms with Crippen LogP contribution in [0.25, 0.3) is 0 Å². The van der Waals surface area contributed by atoms with Gasteiger partial charge < -0.3 is 9.64 Å². The third kappa shape index (κ3) is 2.31. The third-order valence-electron chi connectivity index (χ3n) is 6.30. The Morgan fingerprint density at radius 2 is 2.05 bits per heavy atom. The summed E-state index contributed by atoms with van der Waals surface area (Å²) in [7, 11) is 0. The van der Waals surface area contributed by atoms with Gasteiger partial charge in [0.25, 0.3) is 0 Å². The maximum absolute atomic E-state index is 12.6. The van der Waals surface area contributed by atoms with Crippen molar-refractivity contribution in [2.75, 3.05) is 26.2 Å². The number of hydrogen-bond donors (Lipinski definition) is 0. The number of piperidine rings is 4. The van der Waals surface area contributed by atoms with Crippen molar-refractivity contribution in [2.24, 2.45) is 11.8 Å². The fourth-order valence-electron chi connectivity index (χ4n) is 5.61. The van der Waals surface area contributed by atoms with Crippen LogP contribution in [0.1, 0.15) is 45.4 Å². The Kier molecular flexibility index (Phi) is 3.70. The number of fused-ring (bicyclic) bond motifs is 2. The molecule has 0 bridgehead atoms. The summed E-state index contributed by atoms with van der Waals surface area (Å²) in [6.45, 7) is 6.35. The topological polar surface area (TPSA) is 32.8 Å². The van der Waals surface area contributed by atoms with Crippen LogP contribution in [0.3, 0.4) is 0 Å². The summed E-state index contributed by atoms with van der Waals surface area (Å²) in [6, 6.07) is 1.20. The lowest BCUT2D eigenvalue weighted by Gasteiger charge is -2.59. The number of ether oxygens (including phenoxy) is 1. The monoisotopic (exact) mass is 292 g/mol. The Bertz CT molecular complexity index is 412. The van der Waals surface area contributed by atoms with E-state index < -0.39 is 0 Å². The van der Waals surface area contributed by atoms with Crippen molar-refractivity contribution < 1.29 is 9.53 Å². The zero-order valence-corrected chi connectivity index (χ0v) is 13.2. The van der Waals surface area contributed by atoms with Crippen LogP contribution in [0.5, 0.6) is 0 Å². The average molecular weight is 292 g/mol. The molecule has 0 aromatic heterocycles. The van der Waals surface area contributed by atoms with Gasteiger partial charge in [-0.3, -0.25) is 9.69 Å². The van der Waals surface area contributed by atoms with Crippen LogP contribution in [0, 0.1) is 11.8 Å². The van der Waals surface area contributed by atoms with Gasteiger partial charge in [0.2, 0.25) is 5.91 Å². The van der Waals surface area contributed by atoms with Gasteiger partial charge in [0.05, 0.1) is 12.5 Å². The van der Waals surface area contributed by atoms with Gasteiger partial charge in [-0.2, -0.15) is 0 Å². The van der Waals surface area contributed by atoms with E-state index in [4.69, 9.17) is 4.74 Å². The maximum Gasteiger partial charge on any atom is 0.225 e. The molecule has 4 aliphatic rings. The van der Waals surface area contributed by atoms with Gasteiger partial charge in [0, 0.05) is 25.2 Å². The Labute approximate surface area is 127 Å². The molecule has 118 valence electrons. The van der Waals surface area contributed by atoms with Crippen LogP contribution in [0.4, 0.5) is 0 Å². The maximum atomic E-state index is 12.6. The Balaban J connectivity index is 1.59. The lowest BCUT2D eigenvalue weighted by Crippen LogP contribution is -2.67. The highest BCUT2D eigenvalue weighted by molar-refractivity contribution is 5.78. The standard InChI is InChI=1S/C17H28N2O2/c1-2-21-13-9-15-14-6-4-8-18-7-3-5-12(17(14)18)11-19(15)16(20)10-13/h12-15,17H,2-11H2,1H3/t12-,13?,14+,15?,17-/m0/s1. The lowest BCUT2D eigenvalue weighted by atomic mass is 9.68. The fourth-order valence-corrected chi connectivity index (χ4v) is 5.61. The van der Waals surface area contributed by atoms with E-state index in [0.29, 0.717) is 24.3 Å². The van der Waals surface area contributed by atoms with Crippen LogP contribution >= 0.6 is 0 Å². The summed E-state index contributed by atoms with van der Waals surface area (Å²) in [6.07, 6.45) is 7.11. The van der Waals surface area contributed by atoms with Crippen molar-refractivity contribution in [3.05, 3.63) is 0 Å². The predicted molar refractivity (Wildman–Crippen MR) is 81.0 cm³/mol. The molecule has 4 rings (SSSR count). The second-order valence-electron chi connectivity index (χ2n) is 7.37. The molecular formula is C17H28N2O2. The first-order valence-electron chi connectivity index (χ1n) is 8.93. The van der Waals surface area contributed by atoms with Crippen LogP contribution in [-0.4, -0.2) is 60.1 Å². The van der Waals surface area contributed by atoms with Gasteiger partial charge in [0.1, 0.15) is 0 Å². The molecule has 0 aliphatic carbocycles. The molecule has 0 radical (unpaired) electrons. The summed E-state index contributed by atoms with van der Waals surface area (Å²) in [5, 5.41) is 0. The Morgan fingerprint density at radius 1 is 1.24 bits per heavy atom. The number of hydrogen-bond acceptors (Lipinski definition) is 3. The van der Waals surface area contributed by atoms with Crippen LogP contribution in [0.2, 0.25) is 0 Å². The molecule has 0 spiro atoms. The van der Waals surface area contributed by atoms with Gasteiger partial charge in [-0.15, -0.1) is 0 Å². The molecule has 4 heteroatoms. The molecule has 0 aromatic carbocycles. The fraction of sp³-hybridized carbons (Fsp3) is 0.941. The van der Waals surface area contributed by atoms with E-state index in [2.05, 4.69) is 9.80 Å². The molecular weight excluding hydrogens is 264 g/mol. The molecule has 2 unspecified atom stereocenters. The largest absolute Gasteiger partial charge is 0.378 e.